The van der Waals surface area contributed by atoms with Gasteiger partial charge in [0.1, 0.15) is 6.33 Å². The molecule has 0 atom stereocenters. The third-order valence-electron chi connectivity index (χ3n) is 3.81. The number of fused-ring (bicyclic) bond motifs is 1. The summed E-state index contributed by atoms with van der Waals surface area (Å²) < 4.78 is 16.7. The van der Waals surface area contributed by atoms with Gasteiger partial charge in [-0.2, -0.15) is 0 Å². The van der Waals surface area contributed by atoms with Crippen molar-refractivity contribution in [3.63, 3.8) is 0 Å². The first-order chi connectivity index (χ1) is 12.6. The van der Waals surface area contributed by atoms with E-state index in [2.05, 4.69) is 10.4 Å². The summed E-state index contributed by atoms with van der Waals surface area (Å²) in [7, 11) is 4.38. The highest BCUT2D eigenvalue weighted by atomic mass is 16.5. The summed E-state index contributed by atoms with van der Waals surface area (Å²) in [4.78, 5) is 29.2. The van der Waals surface area contributed by atoms with Crippen molar-refractivity contribution in [1.82, 2.24) is 9.66 Å². The van der Waals surface area contributed by atoms with E-state index in [4.69, 9.17) is 14.2 Å². The number of amides is 1. The number of para-hydroxylation sites is 1. The van der Waals surface area contributed by atoms with Crippen molar-refractivity contribution in [2.45, 2.75) is 0 Å². The highest BCUT2D eigenvalue weighted by Crippen LogP contribution is 2.38. The number of ether oxygens (including phenoxy) is 3. The van der Waals surface area contributed by atoms with Crippen LogP contribution >= 0.6 is 0 Å². The number of nitrogens with zero attached hydrogens (tertiary/aromatic N) is 2. The smallest absolute Gasteiger partial charge is 0.280 e. The fraction of sp³-hybridized carbons (Fsp3) is 0.167. The number of methoxy groups -OCH3 is 3. The Kier molecular flexibility index (Phi) is 4.74. The van der Waals surface area contributed by atoms with Gasteiger partial charge in [0.05, 0.1) is 32.2 Å². The second kappa shape index (κ2) is 7.14. The van der Waals surface area contributed by atoms with E-state index in [1.54, 1.807) is 24.3 Å². The molecule has 0 fully saturated rings. The Morgan fingerprint density at radius 1 is 1.04 bits per heavy atom. The van der Waals surface area contributed by atoms with Crippen molar-refractivity contribution in [1.29, 1.82) is 0 Å². The average molecular weight is 355 g/mol. The molecule has 0 spiro atoms. The van der Waals surface area contributed by atoms with Crippen LogP contribution in [0.5, 0.6) is 17.2 Å². The van der Waals surface area contributed by atoms with Crippen molar-refractivity contribution >= 4 is 16.8 Å². The van der Waals surface area contributed by atoms with Crippen molar-refractivity contribution in [2.24, 2.45) is 0 Å². The molecule has 1 heterocycles. The van der Waals surface area contributed by atoms with E-state index in [1.807, 2.05) is 0 Å². The minimum Gasteiger partial charge on any atom is -0.493 e. The first kappa shape index (κ1) is 17.3. The van der Waals surface area contributed by atoms with Crippen LogP contribution in [0.4, 0.5) is 0 Å². The highest BCUT2D eigenvalue weighted by Gasteiger charge is 2.17. The average Bonchev–Trinajstić information content (AvgIpc) is 2.68. The lowest BCUT2D eigenvalue weighted by Crippen LogP contribution is -2.33. The Morgan fingerprint density at radius 2 is 1.69 bits per heavy atom. The summed E-state index contributed by atoms with van der Waals surface area (Å²) in [6.45, 7) is 0. The monoisotopic (exact) mass is 355 g/mol. The van der Waals surface area contributed by atoms with Gasteiger partial charge in [0.15, 0.2) is 11.5 Å². The minimum absolute atomic E-state index is 0.236. The van der Waals surface area contributed by atoms with Crippen LogP contribution in [0, 0.1) is 0 Å². The maximum Gasteiger partial charge on any atom is 0.280 e. The summed E-state index contributed by atoms with van der Waals surface area (Å²) in [5.74, 6) is 0.515. The predicted octanol–water partition coefficient (Wildman–Crippen LogP) is 1.81. The fourth-order valence-electron chi connectivity index (χ4n) is 2.53. The van der Waals surface area contributed by atoms with Gasteiger partial charge in [0.2, 0.25) is 5.75 Å². The molecule has 0 aliphatic carbocycles. The Morgan fingerprint density at radius 3 is 2.31 bits per heavy atom. The van der Waals surface area contributed by atoms with Crippen LogP contribution in [0.2, 0.25) is 0 Å². The Bertz CT molecular complexity index is 1000. The number of hydrogen-bond donors (Lipinski definition) is 1. The third kappa shape index (κ3) is 3.04. The van der Waals surface area contributed by atoms with Crippen LogP contribution in [-0.4, -0.2) is 36.9 Å². The van der Waals surface area contributed by atoms with Crippen molar-refractivity contribution < 1.29 is 19.0 Å². The van der Waals surface area contributed by atoms with Crippen molar-refractivity contribution in [3.05, 3.63) is 58.6 Å². The third-order valence-corrected chi connectivity index (χ3v) is 3.81. The SMILES string of the molecule is COc1cc(C(=O)Nn2cnc3ccccc3c2=O)cc(OC)c1OC. The van der Waals surface area contributed by atoms with E-state index in [1.165, 1.54) is 39.8 Å². The Hall–Kier alpha value is -3.55. The van der Waals surface area contributed by atoms with Gasteiger partial charge >= 0.3 is 0 Å². The molecule has 0 unspecified atom stereocenters. The molecule has 0 aliphatic heterocycles. The molecule has 0 saturated carbocycles. The second-order valence-corrected chi connectivity index (χ2v) is 5.29. The normalized spacial score (nSPS) is 10.4. The maximum atomic E-state index is 12.6. The second-order valence-electron chi connectivity index (χ2n) is 5.29. The number of benzene rings is 2. The molecule has 0 aliphatic rings. The van der Waals surface area contributed by atoms with Gasteiger partial charge in [-0.3, -0.25) is 15.0 Å². The standard InChI is InChI=1S/C18H17N3O5/c1-24-14-8-11(9-15(25-2)16(14)26-3)17(22)20-21-10-19-13-7-5-4-6-12(13)18(21)23/h4-10H,1-3H3,(H,20,22). The molecule has 8 heteroatoms. The number of rotatable bonds is 5. The molecule has 3 aromatic rings. The fourth-order valence-corrected chi connectivity index (χ4v) is 2.53. The molecule has 2 aromatic carbocycles. The number of nitrogens with one attached hydrogen (secondary N) is 1. The lowest BCUT2D eigenvalue weighted by atomic mass is 10.1. The van der Waals surface area contributed by atoms with Crippen LogP contribution < -0.4 is 25.2 Å². The van der Waals surface area contributed by atoms with Gasteiger partial charge in [0.25, 0.3) is 11.5 Å². The molecule has 1 N–H and O–H groups in total. The zero-order chi connectivity index (χ0) is 18.7. The number of aromatic nitrogens is 2. The van der Waals surface area contributed by atoms with Gasteiger partial charge in [0, 0.05) is 5.56 Å². The molecule has 0 bridgehead atoms. The summed E-state index contributed by atoms with van der Waals surface area (Å²) in [6, 6.07) is 9.88. The lowest BCUT2D eigenvalue weighted by Gasteiger charge is -2.14. The quantitative estimate of drug-likeness (QED) is 0.750. The zero-order valence-corrected chi connectivity index (χ0v) is 14.5. The van der Waals surface area contributed by atoms with Gasteiger partial charge in [-0.05, 0) is 24.3 Å². The highest BCUT2D eigenvalue weighted by molar-refractivity contribution is 6.01. The molecule has 8 nitrogen and oxygen atoms in total. The summed E-state index contributed by atoms with van der Waals surface area (Å²) in [5, 5.41) is 0.403. The van der Waals surface area contributed by atoms with E-state index in [-0.39, 0.29) is 11.1 Å². The first-order valence-electron chi connectivity index (χ1n) is 7.66. The molecular formula is C18H17N3O5. The molecule has 0 saturated heterocycles. The molecule has 1 amide bonds. The van der Waals surface area contributed by atoms with Crippen LogP contribution in [0.25, 0.3) is 10.9 Å². The van der Waals surface area contributed by atoms with Gasteiger partial charge in [-0.15, -0.1) is 0 Å². The Labute approximate surface area is 148 Å². The summed E-state index contributed by atoms with van der Waals surface area (Å²) >= 11 is 0. The molecule has 134 valence electrons. The summed E-state index contributed by atoms with van der Waals surface area (Å²) in [6.07, 6.45) is 1.26. The largest absolute Gasteiger partial charge is 0.493 e. The van der Waals surface area contributed by atoms with Gasteiger partial charge in [-0.1, -0.05) is 12.1 Å². The first-order valence-corrected chi connectivity index (χ1v) is 7.66. The topological polar surface area (TPSA) is 91.7 Å². The molecule has 26 heavy (non-hydrogen) atoms. The minimum atomic E-state index is -0.525. The maximum absolute atomic E-state index is 12.6. The number of carbonyl (C=O) groups excluding carboxylic acids is 1. The van der Waals surface area contributed by atoms with Gasteiger partial charge in [-0.25, -0.2) is 9.66 Å². The summed E-state index contributed by atoms with van der Waals surface area (Å²) in [5.41, 5.74) is 2.92. The lowest BCUT2D eigenvalue weighted by molar-refractivity contribution is 0.101. The van der Waals surface area contributed by atoms with E-state index in [9.17, 15) is 9.59 Å². The molecule has 3 rings (SSSR count). The predicted molar refractivity (Wildman–Crippen MR) is 95.8 cm³/mol. The van der Waals surface area contributed by atoms with Gasteiger partial charge < -0.3 is 14.2 Å². The molecule has 0 radical (unpaired) electrons. The van der Waals surface area contributed by atoms with E-state index in [0.717, 1.165) is 4.68 Å². The van der Waals surface area contributed by atoms with Crippen LogP contribution in [0.1, 0.15) is 10.4 Å². The van der Waals surface area contributed by atoms with E-state index in [0.29, 0.717) is 28.2 Å². The van der Waals surface area contributed by atoms with Crippen molar-refractivity contribution in [2.75, 3.05) is 26.8 Å². The van der Waals surface area contributed by atoms with Crippen molar-refractivity contribution in [3.8, 4) is 17.2 Å². The number of carbonyl (C=O) groups is 1. The van der Waals surface area contributed by atoms with Crippen LogP contribution in [0.15, 0.2) is 47.5 Å². The van der Waals surface area contributed by atoms with Crippen LogP contribution in [-0.2, 0) is 0 Å². The zero-order valence-electron chi connectivity index (χ0n) is 14.5. The Balaban J connectivity index is 1.98. The molecular weight excluding hydrogens is 338 g/mol. The molecule has 1 aromatic heterocycles. The van der Waals surface area contributed by atoms with E-state index < -0.39 is 5.91 Å². The number of hydrogen-bond acceptors (Lipinski definition) is 6. The van der Waals surface area contributed by atoms with E-state index >= 15 is 0 Å². The van der Waals surface area contributed by atoms with Crippen LogP contribution in [0.3, 0.4) is 0 Å².